The molecule has 1 saturated heterocycles. The van der Waals surface area contributed by atoms with Crippen LogP contribution in [0.25, 0.3) is 0 Å². The monoisotopic (exact) mass is 250 g/mol. The van der Waals surface area contributed by atoms with Gasteiger partial charge in [0.2, 0.25) is 0 Å². The number of carbonyl (C=O) groups is 2. The van der Waals surface area contributed by atoms with E-state index in [9.17, 15) is 9.59 Å². The number of aryl methyl sites for hydroxylation is 1. The van der Waals surface area contributed by atoms with E-state index in [2.05, 4.69) is 4.98 Å². The fourth-order valence-electron chi connectivity index (χ4n) is 1.86. The van der Waals surface area contributed by atoms with Crippen molar-refractivity contribution >= 4 is 11.9 Å². The maximum Gasteiger partial charge on any atom is 0.334 e. The number of hydrogen-bond donors (Lipinski definition) is 1. The molecule has 1 aliphatic heterocycles. The maximum atomic E-state index is 12.2. The molecule has 18 heavy (non-hydrogen) atoms. The molecule has 0 aliphatic carbocycles. The van der Waals surface area contributed by atoms with Crippen LogP contribution in [0.4, 0.5) is 0 Å². The van der Waals surface area contributed by atoms with Crippen molar-refractivity contribution in [1.82, 2.24) is 9.88 Å². The summed E-state index contributed by atoms with van der Waals surface area (Å²) in [6, 6.07) is 3.38. The molecule has 1 unspecified atom stereocenters. The first kappa shape index (κ1) is 12.5. The van der Waals surface area contributed by atoms with E-state index in [1.54, 1.807) is 25.3 Å². The van der Waals surface area contributed by atoms with Gasteiger partial charge in [0, 0.05) is 18.4 Å². The molecule has 0 saturated carbocycles. The zero-order valence-corrected chi connectivity index (χ0v) is 10.00. The lowest BCUT2D eigenvalue weighted by molar-refractivity contribution is -0.154. The molecule has 0 aromatic carbocycles. The van der Waals surface area contributed by atoms with E-state index >= 15 is 0 Å². The van der Waals surface area contributed by atoms with Gasteiger partial charge in [0.1, 0.15) is 0 Å². The molecule has 0 bridgehead atoms. The number of pyridine rings is 1. The number of aromatic nitrogens is 1. The molecule has 1 aromatic rings. The summed E-state index contributed by atoms with van der Waals surface area (Å²) in [6.45, 7) is 2.46. The van der Waals surface area contributed by atoms with E-state index in [1.807, 2.05) is 0 Å². The Kier molecular flexibility index (Phi) is 3.57. The number of hydrogen-bond acceptors (Lipinski definition) is 4. The van der Waals surface area contributed by atoms with E-state index in [4.69, 9.17) is 9.84 Å². The number of nitrogens with zero attached hydrogens (tertiary/aromatic N) is 2. The molecule has 1 amide bonds. The molecule has 0 spiro atoms. The molecular formula is C12H14N2O4. The summed E-state index contributed by atoms with van der Waals surface area (Å²) < 4.78 is 5.08. The highest BCUT2D eigenvalue weighted by molar-refractivity contribution is 5.95. The van der Waals surface area contributed by atoms with Gasteiger partial charge in [-0.25, -0.2) is 4.79 Å². The van der Waals surface area contributed by atoms with E-state index in [0.29, 0.717) is 17.8 Å². The Hall–Kier alpha value is -1.95. The zero-order chi connectivity index (χ0) is 13.1. The summed E-state index contributed by atoms with van der Waals surface area (Å²) in [5.74, 6) is -1.24. The number of carboxylic acids is 1. The quantitative estimate of drug-likeness (QED) is 0.817. The Bertz CT molecular complexity index is 475. The minimum absolute atomic E-state index is 0.0719. The van der Waals surface area contributed by atoms with Crippen LogP contribution in [0, 0.1) is 6.92 Å². The predicted molar refractivity (Wildman–Crippen MR) is 62.3 cm³/mol. The first-order valence-corrected chi connectivity index (χ1v) is 5.65. The molecule has 2 heterocycles. The van der Waals surface area contributed by atoms with Crippen LogP contribution in [0.1, 0.15) is 16.1 Å². The second-order valence-electron chi connectivity index (χ2n) is 4.09. The molecule has 1 fully saturated rings. The summed E-state index contributed by atoms with van der Waals surface area (Å²) >= 11 is 0. The fraction of sp³-hybridized carbons (Fsp3) is 0.417. The van der Waals surface area contributed by atoms with Gasteiger partial charge in [-0.2, -0.15) is 0 Å². The van der Waals surface area contributed by atoms with Crippen LogP contribution in [0.5, 0.6) is 0 Å². The Morgan fingerprint density at radius 1 is 1.56 bits per heavy atom. The number of amides is 1. The van der Waals surface area contributed by atoms with E-state index < -0.39 is 12.1 Å². The van der Waals surface area contributed by atoms with Crippen LogP contribution in [0.2, 0.25) is 0 Å². The highest BCUT2D eigenvalue weighted by Gasteiger charge is 2.29. The van der Waals surface area contributed by atoms with Crippen molar-refractivity contribution in [1.29, 1.82) is 0 Å². The lowest BCUT2D eigenvalue weighted by Crippen LogP contribution is -2.48. The van der Waals surface area contributed by atoms with Gasteiger partial charge in [0.25, 0.3) is 5.91 Å². The van der Waals surface area contributed by atoms with Crippen LogP contribution in [0.3, 0.4) is 0 Å². The molecule has 1 atom stereocenters. The van der Waals surface area contributed by atoms with Gasteiger partial charge >= 0.3 is 5.97 Å². The summed E-state index contributed by atoms with van der Waals surface area (Å²) in [7, 11) is 0. The molecule has 6 nitrogen and oxygen atoms in total. The summed E-state index contributed by atoms with van der Waals surface area (Å²) in [5, 5.41) is 8.89. The van der Waals surface area contributed by atoms with Crippen LogP contribution in [-0.2, 0) is 9.53 Å². The number of carboxylic acid groups (broad SMARTS) is 1. The molecule has 1 aromatic heterocycles. The second-order valence-corrected chi connectivity index (χ2v) is 4.09. The van der Waals surface area contributed by atoms with Crippen molar-refractivity contribution in [2.45, 2.75) is 13.0 Å². The average molecular weight is 250 g/mol. The number of carbonyl (C=O) groups excluding carboxylic acids is 1. The number of ether oxygens (including phenoxy) is 1. The molecule has 1 N–H and O–H groups in total. The maximum absolute atomic E-state index is 12.2. The van der Waals surface area contributed by atoms with E-state index in [1.165, 1.54) is 4.90 Å². The number of morpholine rings is 1. The van der Waals surface area contributed by atoms with Gasteiger partial charge in [0.05, 0.1) is 18.7 Å². The molecule has 0 radical (unpaired) electrons. The van der Waals surface area contributed by atoms with Crippen molar-refractivity contribution in [2.24, 2.45) is 0 Å². The zero-order valence-electron chi connectivity index (χ0n) is 10.00. The third kappa shape index (κ3) is 2.48. The lowest BCUT2D eigenvalue weighted by Gasteiger charge is -2.31. The SMILES string of the molecule is Cc1ncccc1C(=O)N1CCOC(C(=O)O)C1. The Balaban J connectivity index is 2.14. The summed E-state index contributed by atoms with van der Waals surface area (Å²) in [6.07, 6.45) is 0.672. The molecule has 2 rings (SSSR count). The van der Waals surface area contributed by atoms with Gasteiger partial charge < -0.3 is 14.7 Å². The summed E-state index contributed by atoms with van der Waals surface area (Å²) in [5.41, 5.74) is 1.14. The van der Waals surface area contributed by atoms with Crippen LogP contribution < -0.4 is 0 Å². The largest absolute Gasteiger partial charge is 0.479 e. The Morgan fingerprint density at radius 3 is 3.00 bits per heavy atom. The lowest BCUT2D eigenvalue weighted by atomic mass is 10.1. The van der Waals surface area contributed by atoms with Crippen LogP contribution in [0.15, 0.2) is 18.3 Å². The third-order valence-electron chi connectivity index (χ3n) is 2.87. The normalized spacial score (nSPS) is 19.6. The summed E-state index contributed by atoms with van der Waals surface area (Å²) in [4.78, 5) is 28.6. The third-order valence-corrected chi connectivity index (χ3v) is 2.87. The standard InChI is InChI=1S/C12H14N2O4/c1-8-9(3-2-4-13-8)11(15)14-5-6-18-10(7-14)12(16)17/h2-4,10H,5-7H2,1H3,(H,16,17). The smallest absolute Gasteiger partial charge is 0.334 e. The van der Waals surface area contributed by atoms with Gasteiger partial charge in [-0.1, -0.05) is 0 Å². The first-order valence-electron chi connectivity index (χ1n) is 5.65. The molecule has 1 aliphatic rings. The van der Waals surface area contributed by atoms with Crippen LogP contribution in [-0.4, -0.2) is 52.7 Å². The van der Waals surface area contributed by atoms with Gasteiger partial charge in [-0.05, 0) is 19.1 Å². The van der Waals surface area contributed by atoms with Gasteiger partial charge in [0.15, 0.2) is 6.10 Å². The minimum Gasteiger partial charge on any atom is -0.479 e. The fourth-order valence-corrected chi connectivity index (χ4v) is 1.86. The van der Waals surface area contributed by atoms with Crippen molar-refractivity contribution in [3.8, 4) is 0 Å². The van der Waals surface area contributed by atoms with Gasteiger partial charge in [-0.15, -0.1) is 0 Å². The minimum atomic E-state index is -1.05. The number of aliphatic carboxylic acids is 1. The molecule has 96 valence electrons. The Morgan fingerprint density at radius 2 is 2.33 bits per heavy atom. The van der Waals surface area contributed by atoms with E-state index in [-0.39, 0.29) is 19.1 Å². The molecule has 6 heteroatoms. The molecular weight excluding hydrogens is 236 g/mol. The van der Waals surface area contributed by atoms with Crippen molar-refractivity contribution in [3.05, 3.63) is 29.6 Å². The van der Waals surface area contributed by atoms with Crippen molar-refractivity contribution < 1.29 is 19.4 Å². The number of rotatable bonds is 2. The van der Waals surface area contributed by atoms with Crippen molar-refractivity contribution in [3.63, 3.8) is 0 Å². The first-order chi connectivity index (χ1) is 8.59. The van der Waals surface area contributed by atoms with Crippen LogP contribution >= 0.6 is 0 Å². The predicted octanol–water partition coefficient (Wildman–Crippen LogP) is 0.316. The average Bonchev–Trinajstić information content (AvgIpc) is 2.38. The topological polar surface area (TPSA) is 79.7 Å². The highest BCUT2D eigenvalue weighted by Crippen LogP contribution is 2.12. The van der Waals surface area contributed by atoms with Crippen molar-refractivity contribution in [2.75, 3.05) is 19.7 Å². The highest BCUT2D eigenvalue weighted by atomic mass is 16.5. The second kappa shape index (κ2) is 5.14. The van der Waals surface area contributed by atoms with E-state index in [0.717, 1.165) is 0 Å². The Labute approximate surface area is 104 Å². The van der Waals surface area contributed by atoms with Gasteiger partial charge in [-0.3, -0.25) is 9.78 Å².